The highest BCUT2D eigenvalue weighted by atomic mass is 19.1. The molecule has 2 unspecified atom stereocenters. The lowest BCUT2D eigenvalue weighted by Gasteiger charge is -2.36. The zero-order valence-corrected chi connectivity index (χ0v) is 9.04. The number of hydrogen-bond donors (Lipinski definition) is 1. The topological polar surface area (TPSA) is 20.2 Å². The highest BCUT2D eigenvalue weighted by molar-refractivity contribution is 5.24. The molecule has 0 amide bonds. The second-order valence-corrected chi connectivity index (χ2v) is 4.71. The van der Waals surface area contributed by atoms with Gasteiger partial charge >= 0.3 is 0 Å². The number of aliphatic hydroxyl groups is 1. The van der Waals surface area contributed by atoms with E-state index in [-0.39, 0.29) is 5.82 Å². The van der Waals surface area contributed by atoms with Gasteiger partial charge in [-0.15, -0.1) is 0 Å². The van der Waals surface area contributed by atoms with Crippen LogP contribution in [0.4, 0.5) is 4.39 Å². The van der Waals surface area contributed by atoms with Gasteiger partial charge in [0.15, 0.2) is 0 Å². The second kappa shape index (κ2) is 3.93. The summed E-state index contributed by atoms with van der Waals surface area (Å²) >= 11 is 0. The number of benzene rings is 1. The summed E-state index contributed by atoms with van der Waals surface area (Å²) in [7, 11) is 0. The largest absolute Gasteiger partial charge is 0.385 e. The first-order valence-electron chi connectivity index (χ1n) is 5.59. The Morgan fingerprint density at radius 1 is 1.40 bits per heavy atom. The number of rotatable bonds is 1. The van der Waals surface area contributed by atoms with Gasteiger partial charge in [0.2, 0.25) is 0 Å². The first-order valence-corrected chi connectivity index (χ1v) is 5.59. The lowest BCUT2D eigenvalue weighted by molar-refractivity contribution is -0.0207. The van der Waals surface area contributed by atoms with Crippen molar-refractivity contribution in [2.75, 3.05) is 0 Å². The Kier molecular flexibility index (Phi) is 2.79. The summed E-state index contributed by atoms with van der Waals surface area (Å²) in [5.41, 5.74) is -0.472. The zero-order chi connectivity index (χ0) is 10.9. The third-order valence-electron chi connectivity index (χ3n) is 3.35. The highest BCUT2D eigenvalue weighted by Gasteiger charge is 2.35. The second-order valence-electron chi connectivity index (χ2n) is 4.71. The van der Waals surface area contributed by atoms with Gasteiger partial charge in [-0.3, -0.25) is 0 Å². The predicted octanol–water partition coefficient (Wildman–Crippen LogP) is 3.22. The first-order chi connectivity index (χ1) is 7.12. The van der Waals surface area contributed by atoms with Crippen molar-refractivity contribution in [3.05, 3.63) is 35.6 Å². The van der Waals surface area contributed by atoms with Crippen LogP contribution in [0.25, 0.3) is 0 Å². The van der Waals surface area contributed by atoms with Crippen molar-refractivity contribution >= 4 is 0 Å². The summed E-state index contributed by atoms with van der Waals surface area (Å²) in [5.74, 6) is 0.192. The normalized spacial score (nSPS) is 31.5. The molecule has 1 aliphatic rings. The molecule has 82 valence electrons. The van der Waals surface area contributed by atoms with Crippen molar-refractivity contribution in [2.45, 2.75) is 38.2 Å². The molecule has 2 atom stereocenters. The molecule has 0 bridgehead atoms. The van der Waals surface area contributed by atoms with E-state index < -0.39 is 5.60 Å². The summed E-state index contributed by atoms with van der Waals surface area (Å²) in [4.78, 5) is 0. The van der Waals surface area contributed by atoms with E-state index in [4.69, 9.17) is 0 Å². The fourth-order valence-corrected chi connectivity index (χ4v) is 2.61. The molecule has 2 heteroatoms. The van der Waals surface area contributed by atoms with Crippen molar-refractivity contribution in [2.24, 2.45) is 5.92 Å². The molecule has 15 heavy (non-hydrogen) atoms. The molecule has 0 heterocycles. The maximum Gasteiger partial charge on any atom is 0.129 e. The molecule has 0 radical (unpaired) electrons. The van der Waals surface area contributed by atoms with Gasteiger partial charge in [-0.2, -0.15) is 0 Å². The summed E-state index contributed by atoms with van der Waals surface area (Å²) in [6, 6.07) is 6.57. The average Bonchev–Trinajstić information content (AvgIpc) is 2.17. The van der Waals surface area contributed by atoms with Crippen LogP contribution in [0.2, 0.25) is 0 Å². The number of halogens is 1. The fourth-order valence-electron chi connectivity index (χ4n) is 2.61. The van der Waals surface area contributed by atoms with Crippen LogP contribution in [0.15, 0.2) is 24.3 Å². The summed E-state index contributed by atoms with van der Waals surface area (Å²) in [5, 5.41) is 10.5. The van der Waals surface area contributed by atoms with E-state index in [1.807, 2.05) is 0 Å². The van der Waals surface area contributed by atoms with Gasteiger partial charge < -0.3 is 5.11 Å². The summed E-state index contributed by atoms with van der Waals surface area (Å²) < 4.78 is 13.6. The maximum absolute atomic E-state index is 13.6. The van der Waals surface area contributed by atoms with Crippen LogP contribution >= 0.6 is 0 Å². The van der Waals surface area contributed by atoms with Crippen molar-refractivity contribution in [1.29, 1.82) is 0 Å². The molecule has 1 fully saturated rings. The lowest BCUT2D eigenvalue weighted by Crippen LogP contribution is -2.32. The summed E-state index contributed by atoms with van der Waals surface area (Å²) in [6.45, 7) is 2.12. The Morgan fingerprint density at radius 2 is 2.13 bits per heavy atom. The lowest BCUT2D eigenvalue weighted by atomic mass is 9.75. The van der Waals surface area contributed by atoms with Gasteiger partial charge in [0.1, 0.15) is 5.82 Å². The van der Waals surface area contributed by atoms with Gasteiger partial charge in [-0.1, -0.05) is 31.5 Å². The minimum atomic E-state index is -0.941. The van der Waals surface area contributed by atoms with Crippen LogP contribution in [0.3, 0.4) is 0 Å². The van der Waals surface area contributed by atoms with E-state index in [9.17, 15) is 9.50 Å². The van der Waals surface area contributed by atoms with Crippen LogP contribution in [0.5, 0.6) is 0 Å². The number of hydrogen-bond acceptors (Lipinski definition) is 1. The highest BCUT2D eigenvalue weighted by Crippen LogP contribution is 2.40. The third kappa shape index (κ3) is 2.05. The van der Waals surface area contributed by atoms with Crippen molar-refractivity contribution < 1.29 is 9.50 Å². The quantitative estimate of drug-likeness (QED) is 0.751. The Hall–Kier alpha value is -0.890. The molecule has 1 aromatic carbocycles. The third-order valence-corrected chi connectivity index (χ3v) is 3.35. The molecular formula is C13H17FO. The molecule has 0 spiro atoms. The smallest absolute Gasteiger partial charge is 0.129 e. The van der Waals surface area contributed by atoms with E-state index in [1.54, 1.807) is 18.2 Å². The maximum atomic E-state index is 13.6. The minimum Gasteiger partial charge on any atom is -0.385 e. The van der Waals surface area contributed by atoms with Crippen LogP contribution < -0.4 is 0 Å². The van der Waals surface area contributed by atoms with Crippen LogP contribution in [-0.2, 0) is 5.60 Å². The fraction of sp³-hybridized carbons (Fsp3) is 0.538. The molecule has 1 aliphatic carbocycles. The van der Waals surface area contributed by atoms with Gasteiger partial charge in [0.25, 0.3) is 0 Å². The summed E-state index contributed by atoms with van der Waals surface area (Å²) in [6.07, 6.45) is 3.47. The van der Waals surface area contributed by atoms with E-state index in [0.29, 0.717) is 24.3 Å². The minimum absolute atomic E-state index is 0.283. The van der Waals surface area contributed by atoms with Gasteiger partial charge in [-0.05, 0) is 31.2 Å². The SMILES string of the molecule is CC1CCCC(O)(c2ccccc2F)C1. The molecule has 1 nitrogen and oxygen atoms in total. The van der Waals surface area contributed by atoms with Crippen molar-refractivity contribution in [3.63, 3.8) is 0 Å². The molecule has 0 saturated heterocycles. The molecule has 1 N–H and O–H groups in total. The first kappa shape index (κ1) is 10.6. The molecular weight excluding hydrogens is 191 g/mol. The van der Waals surface area contributed by atoms with E-state index in [1.165, 1.54) is 6.07 Å². The Balaban J connectivity index is 2.32. The zero-order valence-electron chi connectivity index (χ0n) is 9.04. The van der Waals surface area contributed by atoms with E-state index in [2.05, 4.69) is 6.92 Å². The molecule has 1 saturated carbocycles. The van der Waals surface area contributed by atoms with Crippen molar-refractivity contribution in [1.82, 2.24) is 0 Å². The van der Waals surface area contributed by atoms with Gasteiger partial charge in [-0.25, -0.2) is 4.39 Å². The molecule has 2 rings (SSSR count). The van der Waals surface area contributed by atoms with Gasteiger partial charge in [0.05, 0.1) is 5.60 Å². The molecule has 0 aliphatic heterocycles. The Bertz CT molecular complexity index is 350. The molecule has 0 aromatic heterocycles. The predicted molar refractivity (Wildman–Crippen MR) is 57.9 cm³/mol. The van der Waals surface area contributed by atoms with Gasteiger partial charge in [0, 0.05) is 5.56 Å². The monoisotopic (exact) mass is 208 g/mol. The van der Waals surface area contributed by atoms with Crippen LogP contribution in [0, 0.1) is 11.7 Å². The Labute approximate surface area is 89.9 Å². The van der Waals surface area contributed by atoms with Crippen molar-refractivity contribution in [3.8, 4) is 0 Å². The van der Waals surface area contributed by atoms with Crippen LogP contribution in [-0.4, -0.2) is 5.11 Å². The van der Waals surface area contributed by atoms with Crippen LogP contribution in [0.1, 0.15) is 38.2 Å². The molecule has 1 aromatic rings. The standard InChI is InChI=1S/C13H17FO/c1-10-5-4-8-13(15,9-10)11-6-2-3-7-12(11)14/h2-3,6-7,10,15H,4-5,8-9H2,1H3. The average molecular weight is 208 g/mol. The van der Waals surface area contributed by atoms with E-state index >= 15 is 0 Å². The van der Waals surface area contributed by atoms with E-state index in [0.717, 1.165) is 12.8 Å². The Morgan fingerprint density at radius 3 is 2.80 bits per heavy atom.